The van der Waals surface area contributed by atoms with Crippen LogP contribution in [0.4, 0.5) is 18.9 Å². The van der Waals surface area contributed by atoms with Crippen LogP contribution in [0.1, 0.15) is 31.0 Å². The molecule has 2 aromatic carbocycles. The zero-order valence-electron chi connectivity index (χ0n) is 17.8. The average molecular weight is 466 g/mol. The van der Waals surface area contributed by atoms with Gasteiger partial charge in [-0.2, -0.15) is 5.26 Å². The van der Waals surface area contributed by atoms with E-state index in [0.717, 1.165) is 12.1 Å². The van der Waals surface area contributed by atoms with Crippen LogP contribution in [-0.4, -0.2) is 38.1 Å². The van der Waals surface area contributed by atoms with Crippen molar-refractivity contribution in [2.24, 2.45) is 0 Å². The van der Waals surface area contributed by atoms with Crippen molar-refractivity contribution >= 4 is 17.6 Å². The quantitative estimate of drug-likeness (QED) is 0.522. The van der Waals surface area contributed by atoms with E-state index in [2.05, 4.69) is 10.1 Å². The summed E-state index contributed by atoms with van der Waals surface area (Å²) in [6.45, 7) is 2.16. The molecule has 0 saturated carbocycles. The van der Waals surface area contributed by atoms with Crippen molar-refractivity contribution < 1.29 is 41.7 Å². The lowest BCUT2D eigenvalue weighted by molar-refractivity contribution is -0.274. The minimum absolute atomic E-state index is 0.0517. The molecule has 2 rings (SSSR count). The van der Waals surface area contributed by atoms with E-state index >= 15 is 0 Å². The van der Waals surface area contributed by atoms with Crippen LogP contribution in [0.25, 0.3) is 0 Å². The Kier molecular flexibility index (Phi) is 8.91. The number of ether oxygens (including phenoxy) is 4. The van der Waals surface area contributed by atoms with Crippen molar-refractivity contribution in [2.75, 3.05) is 25.1 Å². The maximum Gasteiger partial charge on any atom is 0.573 e. The molecule has 0 bridgehead atoms. The molecule has 1 N–H and O–H groups in total. The van der Waals surface area contributed by atoms with E-state index in [1.165, 1.54) is 25.1 Å². The summed E-state index contributed by atoms with van der Waals surface area (Å²) in [5.74, 6) is -1.76. The maximum atomic E-state index is 12.8. The van der Waals surface area contributed by atoms with Crippen molar-refractivity contribution in [3.05, 3.63) is 53.6 Å². The van der Waals surface area contributed by atoms with Crippen molar-refractivity contribution in [1.29, 1.82) is 5.26 Å². The third kappa shape index (κ3) is 8.60. The van der Waals surface area contributed by atoms with Crippen LogP contribution in [0.5, 0.6) is 11.5 Å². The molecule has 0 amide bonds. The minimum atomic E-state index is -4.93. The van der Waals surface area contributed by atoms with Crippen LogP contribution in [0.2, 0.25) is 0 Å². The van der Waals surface area contributed by atoms with Gasteiger partial charge in [0.1, 0.15) is 18.1 Å². The fourth-order valence-corrected chi connectivity index (χ4v) is 2.72. The number of nitriles is 1. The SMILES string of the molecule is CCOC(=O)COc1ccc(OC(F)(F)F)cc1C(COC(C)=O)Nc1ccc(C#N)cc1. The summed E-state index contributed by atoms with van der Waals surface area (Å²) in [5.41, 5.74) is 1.02. The molecule has 0 aliphatic heterocycles. The van der Waals surface area contributed by atoms with E-state index in [9.17, 15) is 22.8 Å². The average Bonchev–Trinajstić information content (AvgIpc) is 2.75. The third-order valence-corrected chi connectivity index (χ3v) is 4.05. The number of carbonyl (C=O) groups excluding carboxylic acids is 2. The van der Waals surface area contributed by atoms with Crippen molar-refractivity contribution in [1.82, 2.24) is 0 Å². The van der Waals surface area contributed by atoms with Gasteiger partial charge in [0.15, 0.2) is 6.61 Å². The molecule has 0 saturated heterocycles. The molecule has 1 unspecified atom stereocenters. The zero-order valence-corrected chi connectivity index (χ0v) is 17.8. The monoisotopic (exact) mass is 466 g/mol. The van der Waals surface area contributed by atoms with Gasteiger partial charge in [-0.1, -0.05) is 0 Å². The molecule has 176 valence electrons. The fraction of sp³-hybridized carbons (Fsp3) is 0.318. The topological polar surface area (TPSA) is 107 Å². The molecule has 2 aromatic rings. The van der Waals surface area contributed by atoms with Gasteiger partial charge in [0.2, 0.25) is 0 Å². The first kappa shape index (κ1) is 25.3. The number of halogens is 3. The first-order valence-electron chi connectivity index (χ1n) is 9.69. The van der Waals surface area contributed by atoms with E-state index in [4.69, 9.17) is 19.5 Å². The Bertz CT molecular complexity index is 1000. The first-order valence-corrected chi connectivity index (χ1v) is 9.69. The third-order valence-electron chi connectivity index (χ3n) is 4.05. The molecule has 0 heterocycles. The molecule has 1 atom stereocenters. The molecule has 0 aliphatic carbocycles. The smallest absolute Gasteiger partial charge is 0.482 e. The van der Waals surface area contributed by atoms with Gasteiger partial charge in [-0.3, -0.25) is 4.79 Å². The van der Waals surface area contributed by atoms with Crippen LogP contribution in [-0.2, 0) is 19.1 Å². The zero-order chi connectivity index (χ0) is 24.4. The standard InChI is InChI=1S/C22H21F3N2O6/c1-3-30-21(29)13-32-20-9-8-17(33-22(23,24)25)10-18(20)19(12-31-14(2)28)27-16-6-4-15(11-26)5-7-16/h4-10,19,27H,3,12-13H2,1-2H3. The van der Waals surface area contributed by atoms with E-state index in [0.29, 0.717) is 11.3 Å². The molecule has 0 radical (unpaired) electrons. The highest BCUT2D eigenvalue weighted by Gasteiger charge is 2.32. The second-order valence-electron chi connectivity index (χ2n) is 6.53. The second-order valence-corrected chi connectivity index (χ2v) is 6.53. The Morgan fingerprint density at radius 3 is 2.39 bits per heavy atom. The lowest BCUT2D eigenvalue weighted by atomic mass is 10.0. The van der Waals surface area contributed by atoms with Crippen molar-refractivity contribution in [3.8, 4) is 17.6 Å². The van der Waals surface area contributed by atoms with Crippen LogP contribution >= 0.6 is 0 Å². The second kappa shape index (κ2) is 11.6. The summed E-state index contributed by atoms with van der Waals surface area (Å²) in [6.07, 6.45) is -4.93. The fourth-order valence-electron chi connectivity index (χ4n) is 2.72. The van der Waals surface area contributed by atoms with Gasteiger partial charge in [-0.25, -0.2) is 4.79 Å². The Hall–Kier alpha value is -3.94. The molecule has 0 aromatic heterocycles. The number of nitrogens with zero attached hydrogens (tertiary/aromatic N) is 1. The molecule has 0 spiro atoms. The number of anilines is 1. The molecule has 8 nitrogen and oxygen atoms in total. The van der Waals surface area contributed by atoms with Gasteiger partial charge in [0, 0.05) is 18.2 Å². The Morgan fingerprint density at radius 1 is 1.12 bits per heavy atom. The minimum Gasteiger partial charge on any atom is -0.482 e. The number of esters is 2. The number of nitrogens with one attached hydrogen (secondary N) is 1. The normalized spacial score (nSPS) is 11.6. The maximum absolute atomic E-state index is 12.8. The lowest BCUT2D eigenvalue weighted by Crippen LogP contribution is -2.22. The van der Waals surface area contributed by atoms with Gasteiger partial charge < -0.3 is 24.3 Å². The lowest BCUT2D eigenvalue weighted by Gasteiger charge is -2.23. The van der Waals surface area contributed by atoms with Crippen molar-refractivity contribution in [3.63, 3.8) is 0 Å². The van der Waals surface area contributed by atoms with Crippen LogP contribution in [0.3, 0.4) is 0 Å². The molecular weight excluding hydrogens is 445 g/mol. The summed E-state index contributed by atoms with van der Waals surface area (Å²) < 4.78 is 57.6. The number of hydrogen-bond acceptors (Lipinski definition) is 8. The van der Waals surface area contributed by atoms with Crippen LogP contribution < -0.4 is 14.8 Å². The molecule has 11 heteroatoms. The van der Waals surface area contributed by atoms with Crippen LogP contribution in [0.15, 0.2) is 42.5 Å². The number of carbonyl (C=O) groups is 2. The molecule has 0 fully saturated rings. The Balaban J connectivity index is 2.42. The van der Waals surface area contributed by atoms with Gasteiger partial charge in [-0.05, 0) is 49.4 Å². The summed E-state index contributed by atoms with van der Waals surface area (Å²) in [6, 6.07) is 10.6. The number of benzene rings is 2. The number of rotatable bonds is 10. The van der Waals surface area contributed by atoms with Gasteiger partial charge >= 0.3 is 18.3 Å². The van der Waals surface area contributed by atoms with Crippen LogP contribution in [0, 0.1) is 11.3 Å². The number of hydrogen-bond donors (Lipinski definition) is 1. The Morgan fingerprint density at radius 2 is 1.82 bits per heavy atom. The highest BCUT2D eigenvalue weighted by Crippen LogP contribution is 2.34. The highest BCUT2D eigenvalue weighted by atomic mass is 19.4. The van der Waals surface area contributed by atoms with E-state index in [1.807, 2.05) is 6.07 Å². The molecule has 33 heavy (non-hydrogen) atoms. The van der Waals surface area contributed by atoms with Gasteiger partial charge in [0.25, 0.3) is 0 Å². The Labute approximate surface area is 187 Å². The summed E-state index contributed by atoms with van der Waals surface area (Å²) in [5, 5.41) is 12.0. The van der Waals surface area contributed by atoms with Gasteiger partial charge in [0.05, 0.1) is 24.3 Å². The highest BCUT2D eigenvalue weighted by molar-refractivity contribution is 5.71. The summed E-state index contributed by atoms with van der Waals surface area (Å²) in [7, 11) is 0. The number of alkyl halides is 3. The molecule has 0 aliphatic rings. The summed E-state index contributed by atoms with van der Waals surface area (Å²) in [4.78, 5) is 23.1. The van der Waals surface area contributed by atoms with E-state index in [1.54, 1.807) is 19.1 Å². The van der Waals surface area contributed by atoms with E-state index < -0.39 is 36.7 Å². The largest absolute Gasteiger partial charge is 0.573 e. The first-order chi connectivity index (χ1) is 15.6. The molecular formula is C22H21F3N2O6. The van der Waals surface area contributed by atoms with E-state index in [-0.39, 0.29) is 24.5 Å². The predicted octanol–water partition coefficient (Wildman–Crippen LogP) is 4.12. The van der Waals surface area contributed by atoms with Crippen molar-refractivity contribution in [2.45, 2.75) is 26.3 Å². The predicted molar refractivity (Wildman–Crippen MR) is 109 cm³/mol. The van der Waals surface area contributed by atoms with Gasteiger partial charge in [-0.15, -0.1) is 13.2 Å². The summed E-state index contributed by atoms with van der Waals surface area (Å²) >= 11 is 0.